The van der Waals surface area contributed by atoms with Crippen LogP contribution in [0.4, 0.5) is 22.4 Å². The predicted molar refractivity (Wildman–Crippen MR) is 105 cm³/mol. The first kappa shape index (κ1) is 23.4. The number of aromatic nitrogens is 1. The summed E-state index contributed by atoms with van der Waals surface area (Å²) in [5, 5.41) is 5.46. The van der Waals surface area contributed by atoms with Gasteiger partial charge in [-0.1, -0.05) is 26.0 Å². The number of urea groups is 1. The van der Waals surface area contributed by atoms with Gasteiger partial charge in [-0.2, -0.15) is 13.2 Å². The monoisotopic (exact) mass is 427 g/mol. The van der Waals surface area contributed by atoms with Crippen molar-refractivity contribution in [2.75, 3.05) is 6.61 Å². The number of carbonyl (C=O) groups is 1. The number of fused-ring (bicyclic) bond motifs is 1. The standard InChI is InChI=1S/C19H19F4N3O2.C2H6/c20-15-5-1-4-14-13(15)3-2-6-16(14)26-18(27)25-10-12-7-8-24-17(9-12)28-11-19(21,22)23;1-2/h1,4-5,7-9,16H,2-3,6,10-11H2,(H2,25,26,27);1-2H3. The summed E-state index contributed by atoms with van der Waals surface area (Å²) in [5.74, 6) is -0.443. The fraction of sp³-hybridized carbons (Fsp3) is 0.429. The summed E-state index contributed by atoms with van der Waals surface area (Å²) in [6, 6.07) is 6.98. The molecule has 2 N–H and O–H groups in total. The van der Waals surface area contributed by atoms with Crippen LogP contribution in [0.3, 0.4) is 0 Å². The van der Waals surface area contributed by atoms with E-state index in [4.69, 9.17) is 0 Å². The minimum atomic E-state index is -4.45. The van der Waals surface area contributed by atoms with Gasteiger partial charge in [0.15, 0.2) is 6.61 Å². The van der Waals surface area contributed by atoms with Crippen molar-refractivity contribution in [3.05, 3.63) is 59.0 Å². The molecule has 164 valence electrons. The van der Waals surface area contributed by atoms with Crippen molar-refractivity contribution in [3.8, 4) is 5.88 Å². The molecular weight excluding hydrogens is 402 g/mol. The zero-order valence-electron chi connectivity index (χ0n) is 16.9. The van der Waals surface area contributed by atoms with Crippen molar-refractivity contribution in [1.29, 1.82) is 0 Å². The van der Waals surface area contributed by atoms with Crippen LogP contribution in [0.1, 0.15) is 49.4 Å². The maximum Gasteiger partial charge on any atom is 0.422 e. The zero-order chi connectivity index (χ0) is 22.1. The summed E-state index contributed by atoms with van der Waals surface area (Å²) in [6.07, 6.45) is -1.04. The third kappa shape index (κ3) is 6.89. The molecule has 1 unspecified atom stereocenters. The summed E-state index contributed by atoms with van der Waals surface area (Å²) in [4.78, 5) is 15.9. The van der Waals surface area contributed by atoms with Gasteiger partial charge in [0, 0.05) is 18.8 Å². The number of hydrogen-bond donors (Lipinski definition) is 2. The number of benzene rings is 1. The molecule has 1 atom stereocenters. The summed E-state index contributed by atoms with van der Waals surface area (Å²) in [6.45, 7) is 2.65. The molecule has 2 amide bonds. The lowest BCUT2D eigenvalue weighted by molar-refractivity contribution is -0.154. The molecule has 0 saturated heterocycles. The van der Waals surface area contributed by atoms with Gasteiger partial charge in [-0.15, -0.1) is 0 Å². The molecule has 1 aromatic carbocycles. The number of rotatable bonds is 5. The van der Waals surface area contributed by atoms with Crippen LogP contribution in [-0.2, 0) is 13.0 Å². The third-order valence-corrected chi connectivity index (χ3v) is 4.39. The smallest absolute Gasteiger partial charge is 0.422 e. The average molecular weight is 427 g/mol. The number of carbonyl (C=O) groups excluding carboxylic acids is 1. The molecule has 0 bridgehead atoms. The van der Waals surface area contributed by atoms with E-state index in [1.807, 2.05) is 13.8 Å². The van der Waals surface area contributed by atoms with E-state index in [0.717, 1.165) is 12.0 Å². The zero-order valence-corrected chi connectivity index (χ0v) is 16.9. The topological polar surface area (TPSA) is 63.2 Å². The summed E-state index contributed by atoms with van der Waals surface area (Å²) in [5.41, 5.74) is 1.94. The molecule has 30 heavy (non-hydrogen) atoms. The van der Waals surface area contributed by atoms with Crippen LogP contribution in [0.15, 0.2) is 36.5 Å². The number of pyridine rings is 1. The highest BCUT2D eigenvalue weighted by atomic mass is 19.4. The number of ether oxygens (including phenoxy) is 1. The van der Waals surface area contributed by atoms with E-state index in [9.17, 15) is 22.4 Å². The van der Waals surface area contributed by atoms with Gasteiger partial charge in [0.1, 0.15) is 5.82 Å². The molecule has 2 aromatic rings. The van der Waals surface area contributed by atoms with Crippen molar-refractivity contribution >= 4 is 6.03 Å². The molecule has 1 aromatic heterocycles. The van der Waals surface area contributed by atoms with Gasteiger partial charge in [-0.05, 0) is 48.1 Å². The highest BCUT2D eigenvalue weighted by Gasteiger charge is 2.28. The van der Waals surface area contributed by atoms with E-state index in [2.05, 4.69) is 20.4 Å². The van der Waals surface area contributed by atoms with Gasteiger partial charge >= 0.3 is 12.2 Å². The van der Waals surface area contributed by atoms with Crippen LogP contribution in [0.5, 0.6) is 5.88 Å². The fourth-order valence-electron chi connectivity index (χ4n) is 3.14. The summed E-state index contributed by atoms with van der Waals surface area (Å²) < 4.78 is 55.1. The van der Waals surface area contributed by atoms with Crippen LogP contribution < -0.4 is 15.4 Å². The molecule has 1 aliphatic carbocycles. The second kappa shape index (κ2) is 10.8. The van der Waals surface area contributed by atoms with Gasteiger partial charge in [-0.3, -0.25) is 0 Å². The number of halogens is 4. The van der Waals surface area contributed by atoms with Crippen LogP contribution in [0, 0.1) is 5.82 Å². The van der Waals surface area contributed by atoms with Crippen LogP contribution in [0.2, 0.25) is 0 Å². The lowest BCUT2D eigenvalue weighted by Crippen LogP contribution is -2.38. The van der Waals surface area contributed by atoms with E-state index in [-0.39, 0.29) is 24.3 Å². The Bertz CT molecular complexity index is 843. The van der Waals surface area contributed by atoms with Crippen molar-refractivity contribution in [3.63, 3.8) is 0 Å². The highest BCUT2D eigenvalue weighted by molar-refractivity contribution is 5.74. The Kier molecular flexibility index (Phi) is 8.44. The van der Waals surface area contributed by atoms with Gasteiger partial charge in [0.05, 0.1) is 6.04 Å². The van der Waals surface area contributed by atoms with Crippen molar-refractivity contribution in [1.82, 2.24) is 15.6 Å². The largest absolute Gasteiger partial charge is 0.468 e. The van der Waals surface area contributed by atoms with Crippen molar-refractivity contribution in [2.45, 2.75) is 51.9 Å². The number of alkyl halides is 3. The molecule has 0 radical (unpaired) electrons. The molecule has 0 aliphatic heterocycles. The molecule has 5 nitrogen and oxygen atoms in total. The third-order valence-electron chi connectivity index (χ3n) is 4.39. The molecule has 0 saturated carbocycles. The molecule has 0 fully saturated rings. The minimum absolute atomic E-state index is 0.0828. The first-order valence-corrected chi connectivity index (χ1v) is 9.78. The molecular formula is C21H25F4N3O2. The van der Waals surface area contributed by atoms with E-state index in [1.54, 1.807) is 18.2 Å². The highest BCUT2D eigenvalue weighted by Crippen LogP contribution is 2.31. The summed E-state index contributed by atoms with van der Waals surface area (Å²) in [7, 11) is 0. The minimum Gasteiger partial charge on any atom is -0.468 e. The Morgan fingerprint density at radius 2 is 2.03 bits per heavy atom. The van der Waals surface area contributed by atoms with Gasteiger partial charge in [0.2, 0.25) is 5.88 Å². The SMILES string of the molecule is CC.O=C(NCc1ccnc(OCC(F)(F)F)c1)NC1CCCc2c(F)cccc21. The second-order valence-corrected chi connectivity index (χ2v) is 6.49. The maximum absolute atomic E-state index is 13.9. The molecule has 1 heterocycles. The van der Waals surface area contributed by atoms with E-state index in [0.29, 0.717) is 24.0 Å². The fourth-order valence-corrected chi connectivity index (χ4v) is 3.14. The Balaban J connectivity index is 0.00000155. The van der Waals surface area contributed by atoms with Crippen LogP contribution >= 0.6 is 0 Å². The van der Waals surface area contributed by atoms with Gasteiger partial charge in [-0.25, -0.2) is 14.2 Å². The number of hydrogen-bond acceptors (Lipinski definition) is 3. The van der Waals surface area contributed by atoms with Crippen LogP contribution in [-0.4, -0.2) is 23.8 Å². The second-order valence-electron chi connectivity index (χ2n) is 6.49. The number of amides is 2. The molecule has 0 spiro atoms. The van der Waals surface area contributed by atoms with E-state index < -0.39 is 18.8 Å². The number of nitrogens with one attached hydrogen (secondary N) is 2. The van der Waals surface area contributed by atoms with E-state index >= 15 is 0 Å². The van der Waals surface area contributed by atoms with Crippen LogP contribution in [0.25, 0.3) is 0 Å². The maximum atomic E-state index is 13.9. The molecule has 1 aliphatic rings. The molecule has 9 heteroatoms. The molecule has 3 rings (SSSR count). The number of nitrogens with zero attached hydrogens (tertiary/aromatic N) is 1. The Hall–Kier alpha value is -2.84. The normalized spacial score (nSPS) is 15.3. The first-order chi connectivity index (χ1) is 14.3. The quantitative estimate of drug-likeness (QED) is 0.656. The van der Waals surface area contributed by atoms with E-state index in [1.165, 1.54) is 18.3 Å². The lowest BCUT2D eigenvalue weighted by atomic mass is 9.87. The lowest BCUT2D eigenvalue weighted by Gasteiger charge is -2.26. The Morgan fingerprint density at radius 1 is 1.27 bits per heavy atom. The van der Waals surface area contributed by atoms with Gasteiger partial charge < -0.3 is 15.4 Å². The Labute approximate surface area is 172 Å². The predicted octanol–water partition coefficient (Wildman–Crippen LogP) is 5.06. The van der Waals surface area contributed by atoms with Crippen molar-refractivity contribution in [2.24, 2.45) is 0 Å². The van der Waals surface area contributed by atoms with Crippen molar-refractivity contribution < 1.29 is 27.1 Å². The summed E-state index contributed by atoms with van der Waals surface area (Å²) >= 11 is 0. The average Bonchev–Trinajstić information content (AvgIpc) is 2.73. The first-order valence-electron chi connectivity index (χ1n) is 9.78. The Morgan fingerprint density at radius 3 is 2.77 bits per heavy atom. The van der Waals surface area contributed by atoms with Gasteiger partial charge in [0.25, 0.3) is 0 Å².